The van der Waals surface area contributed by atoms with Gasteiger partial charge in [-0.15, -0.1) is 0 Å². The molecule has 6 heteroatoms. The molecule has 2 atom stereocenters. The molecule has 0 saturated carbocycles. The van der Waals surface area contributed by atoms with E-state index in [0.717, 1.165) is 56.1 Å². The van der Waals surface area contributed by atoms with Gasteiger partial charge in [-0.05, 0) is 58.0 Å². The van der Waals surface area contributed by atoms with Crippen LogP contribution in [-0.2, 0) is 0 Å². The fourth-order valence-electron chi connectivity index (χ4n) is 5.14. The molecule has 0 amide bonds. The number of likely N-dealkylation sites (N-methyl/N-ethyl adjacent to an activating group) is 1. The van der Waals surface area contributed by atoms with Gasteiger partial charge in [0.2, 0.25) is 0 Å². The van der Waals surface area contributed by atoms with Gasteiger partial charge >= 0.3 is 0 Å². The van der Waals surface area contributed by atoms with Crippen molar-refractivity contribution >= 4 is 22.4 Å². The second-order valence-corrected chi connectivity index (χ2v) is 8.91. The molecule has 0 bridgehead atoms. The number of benzene rings is 1. The highest BCUT2D eigenvalue weighted by molar-refractivity contribution is 6.03. The minimum Gasteiger partial charge on any atom is -0.367 e. The number of aliphatic imine (C=N–C) groups is 1. The second-order valence-electron chi connectivity index (χ2n) is 8.91. The number of likely N-dealkylation sites (tertiary alicyclic amines) is 1. The van der Waals surface area contributed by atoms with Crippen molar-refractivity contribution in [2.75, 3.05) is 52.2 Å². The van der Waals surface area contributed by atoms with Gasteiger partial charge in [0.05, 0.1) is 34.5 Å². The molecule has 3 heterocycles. The Morgan fingerprint density at radius 2 is 1.97 bits per heavy atom. The lowest BCUT2D eigenvalue weighted by atomic mass is 9.90. The summed E-state index contributed by atoms with van der Waals surface area (Å²) in [5, 5.41) is 0. The summed E-state index contributed by atoms with van der Waals surface area (Å²) in [5.74, 6) is 1.07. The molecule has 2 saturated heterocycles. The first-order valence-corrected chi connectivity index (χ1v) is 11.4. The van der Waals surface area contributed by atoms with Gasteiger partial charge < -0.3 is 14.8 Å². The highest BCUT2D eigenvalue weighted by Gasteiger charge is 2.34. The van der Waals surface area contributed by atoms with Gasteiger partial charge in [0, 0.05) is 33.2 Å². The Labute approximate surface area is 186 Å². The van der Waals surface area contributed by atoms with Crippen LogP contribution in [0.4, 0.5) is 5.69 Å². The van der Waals surface area contributed by atoms with Crippen molar-refractivity contribution in [3.63, 3.8) is 0 Å². The second kappa shape index (κ2) is 9.37. The number of hydrogen-bond donors (Lipinski definition) is 1. The minimum atomic E-state index is 0.264. The molecule has 0 aliphatic carbocycles. The third kappa shape index (κ3) is 4.32. The van der Waals surface area contributed by atoms with E-state index in [-0.39, 0.29) is 6.04 Å². The van der Waals surface area contributed by atoms with Crippen molar-refractivity contribution < 1.29 is 0 Å². The highest BCUT2D eigenvalue weighted by atomic mass is 15.3. The molecule has 6 nitrogen and oxygen atoms in total. The number of anilines is 1. The molecule has 2 aliphatic rings. The average Bonchev–Trinajstić information content (AvgIpc) is 3.20. The van der Waals surface area contributed by atoms with E-state index in [1.54, 1.807) is 0 Å². The maximum absolute atomic E-state index is 5.05. The van der Waals surface area contributed by atoms with E-state index in [1.807, 2.05) is 13.1 Å². The first-order valence-electron chi connectivity index (χ1n) is 11.4. The molecule has 0 spiro atoms. The number of piperidine rings is 1. The number of piperazine rings is 1. The van der Waals surface area contributed by atoms with E-state index in [9.17, 15) is 0 Å². The van der Waals surface area contributed by atoms with Gasteiger partial charge in [0.1, 0.15) is 5.82 Å². The quantitative estimate of drug-likeness (QED) is 0.586. The van der Waals surface area contributed by atoms with Crippen molar-refractivity contribution in [1.29, 1.82) is 0 Å². The maximum atomic E-state index is 5.05. The molecule has 31 heavy (non-hydrogen) atoms. The summed E-state index contributed by atoms with van der Waals surface area (Å²) >= 11 is 0. The molecule has 1 aromatic heterocycles. The summed E-state index contributed by atoms with van der Waals surface area (Å²) in [4.78, 5) is 20.8. The summed E-state index contributed by atoms with van der Waals surface area (Å²) in [5.41, 5.74) is 5.86. The van der Waals surface area contributed by atoms with Gasteiger partial charge in [-0.2, -0.15) is 0 Å². The van der Waals surface area contributed by atoms with E-state index in [4.69, 9.17) is 4.98 Å². The first-order chi connectivity index (χ1) is 15.0. The van der Waals surface area contributed by atoms with Gasteiger partial charge in [-0.25, -0.2) is 4.98 Å². The fourth-order valence-corrected chi connectivity index (χ4v) is 5.14. The third-order valence-electron chi connectivity index (χ3n) is 6.94. The largest absolute Gasteiger partial charge is 0.367 e. The highest BCUT2D eigenvalue weighted by Crippen LogP contribution is 2.35. The number of para-hydroxylation sites is 1. The van der Waals surface area contributed by atoms with Crippen LogP contribution in [0.1, 0.15) is 38.1 Å². The van der Waals surface area contributed by atoms with Crippen LogP contribution < -0.4 is 4.90 Å². The lowest BCUT2D eigenvalue weighted by Gasteiger charge is -2.39. The number of allylic oxidation sites excluding steroid dienone is 2. The molecule has 0 unspecified atom stereocenters. The van der Waals surface area contributed by atoms with Crippen molar-refractivity contribution in [2.24, 2.45) is 4.99 Å². The van der Waals surface area contributed by atoms with E-state index < -0.39 is 0 Å². The smallest absolute Gasteiger partial charge is 0.124 e. The van der Waals surface area contributed by atoms with Crippen LogP contribution in [0.3, 0.4) is 0 Å². The minimum absolute atomic E-state index is 0.264. The Kier molecular flexibility index (Phi) is 6.58. The summed E-state index contributed by atoms with van der Waals surface area (Å²) < 4.78 is 0. The summed E-state index contributed by atoms with van der Waals surface area (Å²) in [6.45, 7) is 10.3. The number of imidazole rings is 1. The van der Waals surface area contributed by atoms with Crippen LogP contribution in [0.15, 0.2) is 47.5 Å². The molecule has 166 valence electrons. The number of aromatic amines is 1. The lowest BCUT2D eigenvalue weighted by molar-refractivity contribution is 0.148. The molecule has 2 fully saturated rings. The monoisotopic (exact) mass is 420 g/mol. The van der Waals surface area contributed by atoms with Crippen LogP contribution >= 0.6 is 0 Å². The van der Waals surface area contributed by atoms with Crippen LogP contribution in [0.5, 0.6) is 0 Å². The van der Waals surface area contributed by atoms with Crippen LogP contribution in [0.25, 0.3) is 11.0 Å². The Hall–Kier alpha value is -2.44. The average molecular weight is 421 g/mol. The van der Waals surface area contributed by atoms with Crippen molar-refractivity contribution in [1.82, 2.24) is 19.8 Å². The number of rotatable bonds is 5. The normalized spacial score (nSPS) is 24.7. The maximum Gasteiger partial charge on any atom is 0.124 e. The first kappa shape index (κ1) is 21.8. The van der Waals surface area contributed by atoms with E-state index in [1.165, 1.54) is 23.2 Å². The van der Waals surface area contributed by atoms with E-state index >= 15 is 0 Å². The predicted molar refractivity (Wildman–Crippen MR) is 131 cm³/mol. The lowest BCUT2D eigenvalue weighted by Crippen LogP contribution is -2.44. The van der Waals surface area contributed by atoms with Crippen molar-refractivity contribution in [3.05, 3.63) is 48.3 Å². The Bertz CT molecular complexity index is 979. The molecule has 2 aromatic rings. The van der Waals surface area contributed by atoms with Crippen LogP contribution in [0, 0.1) is 0 Å². The zero-order valence-electron chi connectivity index (χ0n) is 19.4. The predicted octanol–water partition coefficient (Wildman–Crippen LogP) is 4.04. The SMILES string of the molecule is C=C/C=C(C)\C(=N/C)[C@H]1CCC[C@@H](c2nc3cccc(N4CCN(C)CC4)c3[nH]2)N1C. The van der Waals surface area contributed by atoms with E-state index in [0.29, 0.717) is 6.04 Å². The molecular formula is C25H36N6. The molecule has 1 N–H and O–H groups in total. The van der Waals surface area contributed by atoms with Gasteiger partial charge in [-0.3, -0.25) is 9.89 Å². The number of nitrogens with one attached hydrogen (secondary N) is 1. The number of H-pyrrole nitrogens is 1. The van der Waals surface area contributed by atoms with Crippen LogP contribution in [-0.4, -0.2) is 78.8 Å². The Balaban J connectivity index is 1.63. The van der Waals surface area contributed by atoms with Gasteiger partial charge in [-0.1, -0.05) is 24.8 Å². The number of aromatic nitrogens is 2. The number of fused-ring (bicyclic) bond motifs is 1. The van der Waals surface area contributed by atoms with Gasteiger partial charge in [0.25, 0.3) is 0 Å². The molecule has 2 aliphatic heterocycles. The fraction of sp³-hybridized carbons (Fsp3) is 0.520. The molecule has 4 rings (SSSR count). The topological polar surface area (TPSA) is 50.8 Å². The zero-order valence-corrected chi connectivity index (χ0v) is 19.4. The zero-order chi connectivity index (χ0) is 22.0. The van der Waals surface area contributed by atoms with Crippen molar-refractivity contribution in [3.8, 4) is 0 Å². The van der Waals surface area contributed by atoms with Crippen molar-refractivity contribution in [2.45, 2.75) is 38.3 Å². The van der Waals surface area contributed by atoms with Gasteiger partial charge in [0.15, 0.2) is 0 Å². The molecular weight excluding hydrogens is 384 g/mol. The Morgan fingerprint density at radius 1 is 1.19 bits per heavy atom. The summed E-state index contributed by atoms with van der Waals surface area (Å²) in [7, 11) is 6.31. The third-order valence-corrected chi connectivity index (χ3v) is 6.94. The Morgan fingerprint density at radius 3 is 2.68 bits per heavy atom. The number of nitrogens with zero attached hydrogens (tertiary/aromatic N) is 5. The standard InChI is InChI=1S/C25H36N6/c1-6-9-18(2)23(26-3)20-11-8-13-22(30(20)5)25-27-19-10-7-12-21(24(19)28-25)31-16-14-29(4)15-17-31/h6-7,9-10,12,20,22H,1,8,11,13-17H2,2-5H3,(H,27,28)/b18-9-,26-23+/t20-,22+/m1/s1. The van der Waals surface area contributed by atoms with Crippen LogP contribution in [0.2, 0.25) is 0 Å². The molecule has 1 aromatic carbocycles. The molecule has 0 radical (unpaired) electrons. The number of hydrogen-bond acceptors (Lipinski definition) is 5. The van der Waals surface area contributed by atoms with E-state index in [2.05, 4.69) is 76.5 Å². The summed E-state index contributed by atoms with van der Waals surface area (Å²) in [6, 6.07) is 7.06. The summed E-state index contributed by atoms with van der Waals surface area (Å²) in [6.07, 6.45) is 7.30.